The molecule has 0 aliphatic heterocycles. The number of aromatic nitrogens is 1. The number of rotatable bonds is 5. The van der Waals surface area contributed by atoms with Crippen LogP contribution in [0, 0.1) is 6.92 Å². The molecular weight excluding hydrogens is 328 g/mol. The second-order valence-corrected chi connectivity index (χ2v) is 7.13. The Kier molecular flexibility index (Phi) is 5.22. The third-order valence-corrected chi connectivity index (χ3v) is 4.29. The highest BCUT2D eigenvalue weighted by Crippen LogP contribution is 2.31. The number of nitrogens with one attached hydrogen (secondary N) is 1. The number of hydrogen-bond donors (Lipinski definition) is 1. The molecule has 2 rings (SSSR count). The Morgan fingerprint density at radius 3 is 2.76 bits per heavy atom. The summed E-state index contributed by atoms with van der Waals surface area (Å²) < 4.78 is 6.94. The first-order valence-electron chi connectivity index (χ1n) is 7.32. The molecule has 3 nitrogen and oxygen atoms in total. The van der Waals surface area contributed by atoms with Gasteiger partial charge in [0, 0.05) is 22.0 Å². The van der Waals surface area contributed by atoms with Gasteiger partial charge < -0.3 is 9.73 Å². The highest BCUT2D eigenvalue weighted by atomic mass is 79.9. The van der Waals surface area contributed by atoms with Gasteiger partial charge in [-0.2, -0.15) is 0 Å². The fourth-order valence-corrected chi connectivity index (χ4v) is 2.55. The lowest BCUT2D eigenvalue weighted by Crippen LogP contribution is -2.36. The Morgan fingerprint density at radius 2 is 2.05 bits per heavy atom. The first kappa shape index (κ1) is 16.2. The van der Waals surface area contributed by atoms with Crippen LogP contribution in [-0.2, 0) is 6.42 Å². The molecule has 0 radical (unpaired) electrons. The van der Waals surface area contributed by atoms with Gasteiger partial charge in [-0.05, 0) is 62.2 Å². The molecule has 1 heterocycles. The molecule has 114 valence electrons. The lowest BCUT2D eigenvalue weighted by molar-refractivity contribution is 0.412. The van der Waals surface area contributed by atoms with Gasteiger partial charge in [-0.25, -0.2) is 4.98 Å². The van der Waals surface area contributed by atoms with Crippen molar-refractivity contribution in [2.24, 2.45) is 0 Å². The molecule has 0 atom stereocenters. The van der Waals surface area contributed by atoms with Gasteiger partial charge in [0.25, 0.3) is 0 Å². The Labute approximate surface area is 135 Å². The van der Waals surface area contributed by atoms with Crippen molar-refractivity contribution in [3.63, 3.8) is 0 Å². The summed E-state index contributed by atoms with van der Waals surface area (Å²) in [4.78, 5) is 4.38. The van der Waals surface area contributed by atoms with Crippen LogP contribution < -0.4 is 5.32 Å². The fraction of sp³-hybridized carbons (Fsp3) is 0.471. The molecular formula is C17H23BrN2O. The van der Waals surface area contributed by atoms with E-state index in [1.54, 1.807) is 0 Å². The van der Waals surface area contributed by atoms with Crippen molar-refractivity contribution in [1.29, 1.82) is 0 Å². The average molecular weight is 351 g/mol. The number of aryl methyl sites for hydroxylation is 2. The quantitative estimate of drug-likeness (QED) is 0.791. The minimum absolute atomic E-state index is 0.161. The van der Waals surface area contributed by atoms with E-state index in [2.05, 4.69) is 60.0 Å². The summed E-state index contributed by atoms with van der Waals surface area (Å²) in [6.07, 6.45) is 3.69. The highest BCUT2D eigenvalue weighted by Gasteiger charge is 2.11. The summed E-state index contributed by atoms with van der Waals surface area (Å²) in [6, 6.07) is 6.15. The normalized spacial score (nSPS) is 11.9. The zero-order valence-corrected chi connectivity index (χ0v) is 14.8. The summed E-state index contributed by atoms with van der Waals surface area (Å²) >= 11 is 3.61. The van der Waals surface area contributed by atoms with Gasteiger partial charge in [-0.3, -0.25) is 0 Å². The molecule has 0 spiro atoms. The Hall–Kier alpha value is -1.13. The van der Waals surface area contributed by atoms with E-state index < -0.39 is 0 Å². The van der Waals surface area contributed by atoms with Gasteiger partial charge in [0.2, 0.25) is 0 Å². The molecule has 4 heteroatoms. The minimum Gasteiger partial charge on any atom is -0.441 e. The Bertz CT molecular complexity index is 599. The SMILES string of the molecule is Cc1cccc(-c2cnc(CCCNC(C)(C)C)o2)c1Br. The predicted molar refractivity (Wildman–Crippen MR) is 90.5 cm³/mol. The van der Waals surface area contributed by atoms with Crippen LogP contribution in [0.15, 0.2) is 33.3 Å². The smallest absolute Gasteiger partial charge is 0.194 e. The van der Waals surface area contributed by atoms with Crippen molar-refractivity contribution in [1.82, 2.24) is 10.3 Å². The van der Waals surface area contributed by atoms with E-state index in [0.29, 0.717) is 0 Å². The average Bonchev–Trinajstić information content (AvgIpc) is 2.85. The molecule has 0 saturated carbocycles. The van der Waals surface area contributed by atoms with Crippen LogP contribution in [0.1, 0.15) is 38.6 Å². The first-order valence-corrected chi connectivity index (χ1v) is 8.11. The summed E-state index contributed by atoms with van der Waals surface area (Å²) in [5.41, 5.74) is 2.41. The molecule has 0 saturated heterocycles. The number of halogens is 1. The summed E-state index contributed by atoms with van der Waals surface area (Å²) in [7, 11) is 0. The highest BCUT2D eigenvalue weighted by molar-refractivity contribution is 9.10. The number of nitrogens with zero attached hydrogens (tertiary/aromatic N) is 1. The van der Waals surface area contributed by atoms with Gasteiger partial charge in [0.1, 0.15) is 0 Å². The van der Waals surface area contributed by atoms with Gasteiger partial charge in [0.15, 0.2) is 11.7 Å². The van der Waals surface area contributed by atoms with E-state index in [1.165, 1.54) is 5.56 Å². The van der Waals surface area contributed by atoms with Crippen molar-refractivity contribution in [3.8, 4) is 11.3 Å². The van der Waals surface area contributed by atoms with E-state index in [9.17, 15) is 0 Å². The maximum atomic E-state index is 5.87. The van der Waals surface area contributed by atoms with Gasteiger partial charge >= 0.3 is 0 Å². The van der Waals surface area contributed by atoms with Crippen LogP contribution in [-0.4, -0.2) is 17.1 Å². The monoisotopic (exact) mass is 350 g/mol. The van der Waals surface area contributed by atoms with Crippen LogP contribution in [0.3, 0.4) is 0 Å². The van der Waals surface area contributed by atoms with Crippen molar-refractivity contribution in [3.05, 3.63) is 40.3 Å². The van der Waals surface area contributed by atoms with Crippen LogP contribution in [0.2, 0.25) is 0 Å². The van der Waals surface area contributed by atoms with Crippen LogP contribution in [0.5, 0.6) is 0 Å². The Morgan fingerprint density at radius 1 is 1.29 bits per heavy atom. The topological polar surface area (TPSA) is 38.1 Å². The predicted octanol–water partition coefficient (Wildman–Crippen LogP) is 4.73. The van der Waals surface area contributed by atoms with E-state index >= 15 is 0 Å². The maximum absolute atomic E-state index is 5.87. The van der Waals surface area contributed by atoms with Gasteiger partial charge in [0.05, 0.1) is 6.20 Å². The molecule has 0 aliphatic carbocycles. The van der Waals surface area contributed by atoms with Crippen molar-refractivity contribution in [2.75, 3.05) is 6.54 Å². The fourth-order valence-electron chi connectivity index (χ4n) is 2.09. The molecule has 1 aromatic carbocycles. The summed E-state index contributed by atoms with van der Waals surface area (Å²) in [5, 5.41) is 3.47. The molecule has 0 amide bonds. The van der Waals surface area contributed by atoms with E-state index in [0.717, 1.165) is 41.1 Å². The molecule has 0 bridgehead atoms. The second-order valence-electron chi connectivity index (χ2n) is 6.34. The number of benzene rings is 1. The maximum Gasteiger partial charge on any atom is 0.194 e. The third-order valence-electron chi connectivity index (χ3n) is 3.23. The second kappa shape index (κ2) is 6.75. The summed E-state index contributed by atoms with van der Waals surface area (Å²) in [6.45, 7) is 9.56. The molecule has 0 aliphatic rings. The minimum atomic E-state index is 0.161. The number of oxazole rings is 1. The van der Waals surface area contributed by atoms with Crippen LogP contribution >= 0.6 is 15.9 Å². The molecule has 0 unspecified atom stereocenters. The van der Waals surface area contributed by atoms with Crippen LogP contribution in [0.25, 0.3) is 11.3 Å². The third kappa shape index (κ3) is 4.68. The first-order chi connectivity index (χ1) is 9.87. The summed E-state index contributed by atoms with van der Waals surface area (Å²) in [5.74, 6) is 1.62. The molecule has 2 aromatic rings. The van der Waals surface area contributed by atoms with Gasteiger partial charge in [-0.1, -0.05) is 18.2 Å². The van der Waals surface area contributed by atoms with E-state index in [4.69, 9.17) is 4.42 Å². The molecule has 0 fully saturated rings. The lowest BCUT2D eigenvalue weighted by atomic mass is 10.1. The van der Waals surface area contributed by atoms with E-state index in [-0.39, 0.29) is 5.54 Å². The zero-order valence-electron chi connectivity index (χ0n) is 13.2. The van der Waals surface area contributed by atoms with Crippen molar-refractivity contribution < 1.29 is 4.42 Å². The van der Waals surface area contributed by atoms with E-state index in [1.807, 2.05) is 18.3 Å². The molecule has 21 heavy (non-hydrogen) atoms. The largest absolute Gasteiger partial charge is 0.441 e. The van der Waals surface area contributed by atoms with Crippen molar-refractivity contribution >= 4 is 15.9 Å². The molecule has 1 aromatic heterocycles. The van der Waals surface area contributed by atoms with Crippen LogP contribution in [0.4, 0.5) is 0 Å². The zero-order chi connectivity index (χ0) is 15.5. The van der Waals surface area contributed by atoms with Crippen molar-refractivity contribution in [2.45, 2.75) is 46.1 Å². The number of hydrogen-bond acceptors (Lipinski definition) is 3. The van der Waals surface area contributed by atoms with Gasteiger partial charge in [-0.15, -0.1) is 0 Å². The molecule has 1 N–H and O–H groups in total. The lowest BCUT2D eigenvalue weighted by Gasteiger charge is -2.20. The standard InChI is InChI=1S/C17H23BrN2O/c1-12-7-5-8-13(16(12)18)14-11-19-15(21-14)9-6-10-20-17(2,3)4/h5,7-8,11,20H,6,9-10H2,1-4H3. The Balaban J connectivity index is 1.97.